The second kappa shape index (κ2) is 10.1. The van der Waals surface area contributed by atoms with Crippen LogP contribution >= 0.6 is 0 Å². The number of morpholine rings is 1. The minimum Gasteiger partial charge on any atom is -0.394 e. The molecule has 0 amide bonds. The van der Waals surface area contributed by atoms with E-state index >= 15 is 0 Å². The number of nitrogens with zero attached hydrogens (tertiary/aromatic N) is 2. The van der Waals surface area contributed by atoms with Gasteiger partial charge in [-0.1, -0.05) is 0 Å². The Bertz CT molecular complexity index is 551. The number of piperidine rings is 1. The minimum atomic E-state index is 0.0328. The van der Waals surface area contributed by atoms with Crippen molar-refractivity contribution in [3.8, 4) is 0 Å². The molecular weight excluding hydrogens is 386 g/mol. The first-order valence-electron chi connectivity index (χ1n) is 12.1. The zero-order chi connectivity index (χ0) is 20.3. The van der Waals surface area contributed by atoms with Crippen molar-refractivity contribution in [3.63, 3.8) is 0 Å². The molecule has 7 atom stereocenters. The van der Waals surface area contributed by atoms with Crippen molar-refractivity contribution >= 4 is 0 Å². The third-order valence-electron chi connectivity index (χ3n) is 7.77. The standard InChI is InChI=1S/C21H39N5O4/c27-14-17-4-3-16(29-17)13-26-7-1-2-18(26)21-23-20(24-30-21)15-5-6-22-19(12-15)25-8-10-28-11-9-25/h15-24,27H,1-14H2/p+1/t15?,16?,17?,18-,19?,20?,21?/m0/s1. The van der Waals surface area contributed by atoms with Crippen molar-refractivity contribution in [2.24, 2.45) is 5.92 Å². The summed E-state index contributed by atoms with van der Waals surface area (Å²) in [6.45, 7) is 7.21. The normalized spacial score (nSPS) is 44.1. The monoisotopic (exact) mass is 426 g/mol. The Morgan fingerprint density at radius 2 is 1.90 bits per heavy atom. The third-order valence-corrected chi connectivity index (χ3v) is 7.77. The molecule has 0 aromatic carbocycles. The summed E-state index contributed by atoms with van der Waals surface area (Å²) in [5.74, 6) is 0.589. The van der Waals surface area contributed by atoms with Gasteiger partial charge in [0.25, 0.3) is 0 Å². The molecule has 0 bridgehead atoms. The summed E-state index contributed by atoms with van der Waals surface area (Å²) < 4.78 is 11.5. The van der Waals surface area contributed by atoms with Gasteiger partial charge in [-0.3, -0.25) is 15.1 Å². The van der Waals surface area contributed by atoms with Crippen LogP contribution in [0.5, 0.6) is 0 Å². The van der Waals surface area contributed by atoms with Crippen molar-refractivity contribution in [1.82, 2.24) is 20.6 Å². The fourth-order valence-corrected chi connectivity index (χ4v) is 6.08. The van der Waals surface area contributed by atoms with E-state index in [0.717, 1.165) is 58.7 Å². The highest BCUT2D eigenvalue weighted by Crippen LogP contribution is 2.28. The maximum atomic E-state index is 9.34. The summed E-state index contributed by atoms with van der Waals surface area (Å²) in [5.41, 5.74) is 3.35. The van der Waals surface area contributed by atoms with E-state index in [-0.39, 0.29) is 31.2 Å². The first kappa shape index (κ1) is 21.5. The van der Waals surface area contributed by atoms with E-state index in [2.05, 4.69) is 25.9 Å². The van der Waals surface area contributed by atoms with Gasteiger partial charge in [-0.25, -0.2) is 4.90 Å². The van der Waals surface area contributed by atoms with Crippen LogP contribution in [0.3, 0.4) is 0 Å². The van der Waals surface area contributed by atoms with Gasteiger partial charge >= 0.3 is 0 Å². The Kier molecular flexibility index (Phi) is 7.20. The Hall–Kier alpha value is -0.360. The number of nitrogens with one attached hydrogen (secondary N) is 2. The van der Waals surface area contributed by atoms with Gasteiger partial charge in [0.1, 0.15) is 12.4 Å². The molecule has 30 heavy (non-hydrogen) atoms. The number of ether oxygens (including phenoxy) is 2. The molecular formula is C21H40N5O4+. The van der Waals surface area contributed by atoms with E-state index in [1.807, 2.05) is 0 Å². The van der Waals surface area contributed by atoms with Crippen LogP contribution in [0.4, 0.5) is 0 Å². The van der Waals surface area contributed by atoms with Crippen molar-refractivity contribution in [1.29, 1.82) is 0 Å². The number of hydrogen-bond donors (Lipinski definition) is 4. The Morgan fingerprint density at radius 1 is 1.03 bits per heavy atom. The highest BCUT2D eigenvalue weighted by Gasteiger charge is 2.43. The zero-order valence-corrected chi connectivity index (χ0v) is 18.1. The van der Waals surface area contributed by atoms with Crippen molar-refractivity contribution in [3.05, 3.63) is 0 Å². The molecule has 0 aromatic heterocycles. The molecule has 5 heterocycles. The number of aliphatic hydroxyl groups is 1. The van der Waals surface area contributed by atoms with Gasteiger partial charge < -0.3 is 19.9 Å². The van der Waals surface area contributed by atoms with Crippen LogP contribution in [0.25, 0.3) is 0 Å². The lowest BCUT2D eigenvalue weighted by atomic mass is 9.92. The van der Waals surface area contributed by atoms with Gasteiger partial charge in [0.05, 0.1) is 50.8 Å². The fraction of sp³-hybridized carbons (Fsp3) is 1.00. The van der Waals surface area contributed by atoms with Crippen molar-refractivity contribution < 1.29 is 24.7 Å². The maximum absolute atomic E-state index is 9.34. The van der Waals surface area contributed by atoms with Gasteiger partial charge in [-0.2, -0.15) is 5.48 Å². The van der Waals surface area contributed by atoms with E-state index in [9.17, 15) is 5.11 Å². The first-order valence-corrected chi connectivity index (χ1v) is 12.1. The highest BCUT2D eigenvalue weighted by molar-refractivity contribution is 4.92. The van der Waals surface area contributed by atoms with E-state index in [4.69, 9.17) is 14.3 Å². The topological polar surface area (TPSA) is 95.1 Å². The lowest BCUT2D eigenvalue weighted by molar-refractivity contribution is -0.720. The maximum Gasteiger partial charge on any atom is 0.146 e. The van der Waals surface area contributed by atoms with Crippen molar-refractivity contribution in [2.45, 2.75) is 75.3 Å². The van der Waals surface area contributed by atoms with Crippen LogP contribution in [0.1, 0.15) is 38.5 Å². The second-order valence-electron chi connectivity index (χ2n) is 9.67. The molecule has 0 aliphatic carbocycles. The van der Waals surface area contributed by atoms with Crippen LogP contribution in [-0.4, -0.2) is 104 Å². The highest BCUT2D eigenvalue weighted by atomic mass is 16.7. The van der Waals surface area contributed by atoms with Crippen LogP contribution in [0, 0.1) is 5.92 Å². The quantitative estimate of drug-likeness (QED) is 0.404. The number of hydrogen-bond acceptors (Lipinski definition) is 8. The molecule has 0 spiro atoms. The van der Waals surface area contributed by atoms with Gasteiger partial charge in [0.2, 0.25) is 0 Å². The molecule has 0 radical (unpaired) electrons. The van der Waals surface area contributed by atoms with E-state index < -0.39 is 0 Å². The molecule has 5 fully saturated rings. The van der Waals surface area contributed by atoms with Crippen LogP contribution in [0.2, 0.25) is 0 Å². The minimum absolute atomic E-state index is 0.0328. The number of hydroxylamine groups is 1. The molecule has 5 rings (SSSR count). The number of quaternary nitrogens is 1. The summed E-state index contributed by atoms with van der Waals surface area (Å²) in [4.78, 5) is 11.2. The second-order valence-corrected chi connectivity index (χ2v) is 9.67. The number of aliphatic hydroxyl groups excluding tert-OH is 1. The van der Waals surface area contributed by atoms with E-state index in [1.165, 1.54) is 25.8 Å². The fourth-order valence-electron chi connectivity index (χ4n) is 6.08. The van der Waals surface area contributed by atoms with Crippen molar-refractivity contribution in [2.75, 3.05) is 52.5 Å². The number of likely N-dealkylation sites (tertiary alicyclic amines) is 1. The molecule has 5 aliphatic rings. The summed E-state index contributed by atoms with van der Waals surface area (Å²) in [5, 5.41) is 15.6. The predicted molar refractivity (Wildman–Crippen MR) is 110 cm³/mol. The molecule has 6 unspecified atom stereocenters. The molecule has 5 saturated heterocycles. The summed E-state index contributed by atoms with van der Waals surface area (Å²) >= 11 is 0. The van der Waals surface area contributed by atoms with E-state index in [1.54, 1.807) is 0 Å². The number of nitrogens with two attached hydrogens (primary N) is 1. The van der Waals surface area contributed by atoms with Crippen LogP contribution in [0.15, 0.2) is 0 Å². The predicted octanol–water partition coefficient (Wildman–Crippen LogP) is -1.60. The molecule has 0 saturated carbocycles. The molecule has 9 heteroatoms. The molecule has 172 valence electrons. The third kappa shape index (κ3) is 4.84. The van der Waals surface area contributed by atoms with Gasteiger partial charge in [0.15, 0.2) is 0 Å². The number of rotatable bonds is 6. The average molecular weight is 427 g/mol. The molecule has 9 nitrogen and oxygen atoms in total. The summed E-state index contributed by atoms with van der Waals surface area (Å²) in [6.07, 6.45) is 7.93. The molecule has 0 aromatic rings. The van der Waals surface area contributed by atoms with E-state index in [0.29, 0.717) is 18.1 Å². The Labute approximate surface area is 179 Å². The summed E-state index contributed by atoms with van der Waals surface area (Å²) in [6, 6.07) is 0.393. The Morgan fingerprint density at radius 3 is 2.73 bits per heavy atom. The summed E-state index contributed by atoms with van der Waals surface area (Å²) in [7, 11) is 0. The lowest BCUT2D eigenvalue weighted by Crippen LogP contribution is -2.96. The van der Waals surface area contributed by atoms with Crippen LogP contribution in [-0.2, 0) is 14.3 Å². The van der Waals surface area contributed by atoms with Gasteiger partial charge in [0, 0.05) is 38.4 Å². The molecule has 5 aliphatic heterocycles. The zero-order valence-electron chi connectivity index (χ0n) is 18.1. The van der Waals surface area contributed by atoms with Gasteiger partial charge in [-0.05, 0) is 32.2 Å². The van der Waals surface area contributed by atoms with Crippen LogP contribution < -0.4 is 16.1 Å². The largest absolute Gasteiger partial charge is 0.394 e. The Balaban J connectivity index is 1.12. The first-order chi connectivity index (χ1) is 14.8. The lowest BCUT2D eigenvalue weighted by Gasteiger charge is -2.38. The average Bonchev–Trinajstić information content (AvgIpc) is 3.55. The SMILES string of the molecule is OCC1CCC(CN2CCC[C@H]2C2NC(C3CC[NH2+]C(N4CCOCC4)C3)NO2)O1. The van der Waals surface area contributed by atoms with Gasteiger partial charge in [-0.15, -0.1) is 0 Å². The smallest absolute Gasteiger partial charge is 0.146 e. The molecule has 5 N–H and O–H groups in total.